The topological polar surface area (TPSA) is 68.0 Å². The Kier molecular flexibility index (Phi) is 11.4. The lowest BCUT2D eigenvalue weighted by molar-refractivity contribution is -0.0390. The van der Waals surface area contributed by atoms with Crippen molar-refractivity contribution in [2.24, 2.45) is 4.99 Å². The van der Waals surface area contributed by atoms with Crippen molar-refractivity contribution in [3.05, 3.63) is 95.4 Å². The molecule has 2 aromatic carbocycles. The summed E-state index contributed by atoms with van der Waals surface area (Å²) in [7, 11) is 0. The largest absolute Gasteiger partial charge is 0.469 e. The molecule has 4 rings (SSSR count). The fourth-order valence-corrected chi connectivity index (χ4v) is 3.68. The summed E-state index contributed by atoms with van der Waals surface area (Å²) in [6, 6.07) is 22.7. The van der Waals surface area contributed by atoms with Crippen molar-refractivity contribution in [1.82, 2.24) is 10.6 Å². The number of halogens is 1. The van der Waals surface area contributed by atoms with Crippen molar-refractivity contribution >= 4 is 29.9 Å². The second kappa shape index (κ2) is 14.8. The van der Waals surface area contributed by atoms with Crippen molar-refractivity contribution in [3.63, 3.8) is 0 Å². The molecule has 7 heteroatoms. The van der Waals surface area contributed by atoms with Crippen LogP contribution < -0.4 is 10.6 Å². The van der Waals surface area contributed by atoms with Crippen molar-refractivity contribution in [1.29, 1.82) is 0 Å². The van der Waals surface area contributed by atoms with Gasteiger partial charge in [0.1, 0.15) is 5.76 Å². The second-order valence-corrected chi connectivity index (χ2v) is 8.20. The first-order valence-electron chi connectivity index (χ1n) is 11.7. The number of nitrogens with one attached hydrogen (secondary N) is 2. The molecule has 0 saturated carbocycles. The molecule has 0 radical (unpaired) electrons. The van der Waals surface area contributed by atoms with Crippen LogP contribution in [-0.4, -0.2) is 31.8 Å². The number of furan rings is 1. The Labute approximate surface area is 219 Å². The minimum atomic E-state index is 0. The minimum Gasteiger partial charge on any atom is -0.469 e. The molecule has 6 nitrogen and oxygen atoms in total. The number of hydrogen-bond acceptors (Lipinski definition) is 4. The number of rotatable bonds is 10. The highest BCUT2D eigenvalue weighted by atomic mass is 127. The highest BCUT2D eigenvalue weighted by Gasteiger charge is 2.13. The Hall–Kier alpha value is -2.36. The third kappa shape index (κ3) is 9.12. The average molecular weight is 575 g/mol. The lowest BCUT2D eigenvalue weighted by atomic mass is 10.1. The minimum absolute atomic E-state index is 0. The van der Waals surface area contributed by atoms with Crippen LogP contribution >= 0.6 is 24.0 Å². The maximum Gasteiger partial charge on any atom is 0.191 e. The fourth-order valence-electron chi connectivity index (χ4n) is 3.68. The van der Waals surface area contributed by atoms with Crippen molar-refractivity contribution in [2.75, 3.05) is 19.8 Å². The first-order valence-corrected chi connectivity index (χ1v) is 11.7. The summed E-state index contributed by atoms with van der Waals surface area (Å²) in [5, 5.41) is 6.87. The molecule has 0 aliphatic carbocycles. The van der Waals surface area contributed by atoms with E-state index in [4.69, 9.17) is 18.9 Å². The van der Waals surface area contributed by atoms with Crippen LogP contribution in [0.3, 0.4) is 0 Å². The first kappa shape index (κ1) is 26.2. The summed E-state index contributed by atoms with van der Waals surface area (Å²) in [5.74, 6) is 1.75. The van der Waals surface area contributed by atoms with Gasteiger partial charge in [0, 0.05) is 32.7 Å². The third-order valence-corrected chi connectivity index (χ3v) is 5.64. The molecule has 0 spiro atoms. The van der Waals surface area contributed by atoms with E-state index in [-0.39, 0.29) is 24.0 Å². The van der Waals surface area contributed by atoms with Crippen molar-refractivity contribution in [2.45, 2.75) is 45.1 Å². The predicted octanol–water partition coefficient (Wildman–Crippen LogP) is 5.07. The number of nitrogens with zero attached hydrogens (tertiary/aromatic N) is 1. The van der Waals surface area contributed by atoms with Crippen LogP contribution in [0.2, 0.25) is 0 Å². The lowest BCUT2D eigenvalue weighted by Crippen LogP contribution is -2.38. The quantitative estimate of drug-likeness (QED) is 0.201. The zero-order chi connectivity index (χ0) is 22.6. The van der Waals surface area contributed by atoms with Gasteiger partial charge in [0.25, 0.3) is 0 Å². The van der Waals surface area contributed by atoms with Gasteiger partial charge in [-0.05, 0) is 41.7 Å². The molecule has 1 aliphatic rings. The Morgan fingerprint density at radius 1 is 0.882 bits per heavy atom. The van der Waals surface area contributed by atoms with E-state index in [1.54, 1.807) is 6.26 Å². The molecule has 0 unspecified atom stereocenters. The third-order valence-electron chi connectivity index (χ3n) is 5.64. The number of hydrogen-bond donors (Lipinski definition) is 2. The van der Waals surface area contributed by atoms with E-state index >= 15 is 0 Å². The average Bonchev–Trinajstić information content (AvgIpc) is 3.39. The monoisotopic (exact) mass is 575 g/mol. The summed E-state index contributed by atoms with van der Waals surface area (Å²) in [6.07, 6.45) is 4.80. The highest BCUT2D eigenvalue weighted by Crippen LogP contribution is 2.14. The number of guanidine groups is 1. The van der Waals surface area contributed by atoms with Crippen LogP contribution in [0.5, 0.6) is 0 Å². The standard InChI is InChI=1S/C27H33N3O3.HI/c1-2-5-22(6-3-1)19-29-27(28-15-12-25-7-4-16-32-25)30-20-23-8-10-24(11-9-23)21-33-26-13-17-31-18-14-26;/h1-11,16,26H,12-15,17-21H2,(H2,28,29,30);1H. The zero-order valence-corrected chi connectivity index (χ0v) is 21.8. The van der Waals surface area contributed by atoms with E-state index in [0.29, 0.717) is 25.8 Å². The maximum atomic E-state index is 6.02. The van der Waals surface area contributed by atoms with Crippen LogP contribution in [-0.2, 0) is 35.6 Å². The SMILES string of the molecule is I.c1ccc(CN=C(NCCc2ccco2)NCc2ccc(COC3CCOCC3)cc2)cc1. The van der Waals surface area contributed by atoms with E-state index in [0.717, 1.165) is 50.7 Å². The van der Waals surface area contributed by atoms with Gasteiger partial charge in [0.15, 0.2) is 5.96 Å². The molecule has 1 fully saturated rings. The first-order chi connectivity index (χ1) is 16.3. The summed E-state index contributed by atoms with van der Waals surface area (Å²) in [6.45, 7) is 4.33. The highest BCUT2D eigenvalue weighted by molar-refractivity contribution is 14.0. The number of aliphatic imine (C=N–C) groups is 1. The maximum absolute atomic E-state index is 6.02. The second-order valence-electron chi connectivity index (χ2n) is 8.20. The van der Waals surface area contributed by atoms with Gasteiger partial charge in [-0.1, -0.05) is 54.6 Å². The molecule has 182 valence electrons. The molecular weight excluding hydrogens is 541 g/mol. The fraction of sp³-hybridized carbons (Fsp3) is 0.370. The smallest absolute Gasteiger partial charge is 0.191 e. The van der Waals surface area contributed by atoms with Crippen LogP contribution in [0.25, 0.3) is 0 Å². The summed E-state index contributed by atoms with van der Waals surface area (Å²) in [5.41, 5.74) is 3.57. The summed E-state index contributed by atoms with van der Waals surface area (Å²) in [4.78, 5) is 4.76. The van der Waals surface area contributed by atoms with Gasteiger partial charge in [-0.2, -0.15) is 0 Å². The summed E-state index contributed by atoms with van der Waals surface area (Å²) < 4.78 is 16.8. The van der Waals surface area contributed by atoms with E-state index < -0.39 is 0 Å². The molecule has 1 aromatic heterocycles. The number of benzene rings is 2. The molecular formula is C27H34IN3O3. The van der Waals surface area contributed by atoms with E-state index in [1.165, 1.54) is 16.7 Å². The predicted molar refractivity (Wildman–Crippen MR) is 145 cm³/mol. The van der Waals surface area contributed by atoms with Gasteiger partial charge in [0.05, 0.1) is 25.5 Å². The summed E-state index contributed by atoms with van der Waals surface area (Å²) >= 11 is 0. The lowest BCUT2D eigenvalue weighted by Gasteiger charge is -2.22. The van der Waals surface area contributed by atoms with Gasteiger partial charge in [0.2, 0.25) is 0 Å². The zero-order valence-electron chi connectivity index (χ0n) is 19.4. The number of ether oxygens (including phenoxy) is 2. The van der Waals surface area contributed by atoms with Crippen LogP contribution in [0.1, 0.15) is 35.3 Å². The van der Waals surface area contributed by atoms with Crippen molar-refractivity contribution < 1.29 is 13.9 Å². The molecule has 2 heterocycles. The van der Waals surface area contributed by atoms with E-state index in [2.05, 4.69) is 47.0 Å². The molecule has 1 saturated heterocycles. The molecule has 2 N–H and O–H groups in total. The van der Waals surface area contributed by atoms with Gasteiger partial charge in [-0.3, -0.25) is 0 Å². The molecule has 3 aromatic rings. The Bertz CT molecular complexity index is 957. The van der Waals surface area contributed by atoms with Crippen LogP contribution in [0.15, 0.2) is 82.4 Å². The molecule has 34 heavy (non-hydrogen) atoms. The van der Waals surface area contributed by atoms with Crippen LogP contribution in [0.4, 0.5) is 0 Å². The van der Waals surface area contributed by atoms with Gasteiger partial charge < -0.3 is 24.5 Å². The molecule has 1 aliphatic heterocycles. The Morgan fingerprint density at radius 3 is 2.38 bits per heavy atom. The van der Waals surface area contributed by atoms with Gasteiger partial charge >= 0.3 is 0 Å². The normalized spacial score (nSPS) is 14.4. The Morgan fingerprint density at radius 2 is 1.65 bits per heavy atom. The van der Waals surface area contributed by atoms with Crippen LogP contribution in [0, 0.1) is 0 Å². The molecule has 0 amide bonds. The van der Waals surface area contributed by atoms with Gasteiger partial charge in [-0.15, -0.1) is 24.0 Å². The van der Waals surface area contributed by atoms with E-state index in [9.17, 15) is 0 Å². The van der Waals surface area contributed by atoms with Gasteiger partial charge in [-0.25, -0.2) is 4.99 Å². The van der Waals surface area contributed by atoms with E-state index in [1.807, 2.05) is 30.3 Å². The van der Waals surface area contributed by atoms with Crippen molar-refractivity contribution in [3.8, 4) is 0 Å². The Balaban J connectivity index is 0.00000324. The molecule has 0 atom stereocenters. The molecule has 0 bridgehead atoms.